The summed E-state index contributed by atoms with van der Waals surface area (Å²) in [5.41, 5.74) is 4.59. The maximum atomic E-state index is 13.2. The van der Waals surface area contributed by atoms with E-state index in [0.29, 0.717) is 16.9 Å². The van der Waals surface area contributed by atoms with Gasteiger partial charge in [0.05, 0.1) is 16.3 Å². The summed E-state index contributed by atoms with van der Waals surface area (Å²) in [5.74, 6) is 0.295. The number of amides is 1. The minimum absolute atomic E-state index is 0.143. The highest BCUT2D eigenvalue weighted by molar-refractivity contribution is 7.89. The molecule has 0 spiro atoms. The molecule has 0 aliphatic heterocycles. The summed E-state index contributed by atoms with van der Waals surface area (Å²) < 4.78 is 28.5. The molecule has 0 unspecified atom stereocenters. The van der Waals surface area contributed by atoms with Crippen LogP contribution in [0.25, 0.3) is 5.69 Å². The Morgan fingerprint density at radius 3 is 2.48 bits per heavy atom. The molecule has 1 N–H and O–H groups in total. The van der Waals surface area contributed by atoms with Crippen molar-refractivity contribution in [3.05, 3.63) is 70.4 Å². The summed E-state index contributed by atoms with van der Waals surface area (Å²) in [4.78, 5) is 13.4. The Morgan fingerprint density at radius 2 is 1.81 bits per heavy atom. The number of sulfonamides is 1. The first-order valence-electron chi connectivity index (χ1n) is 10.2. The zero-order chi connectivity index (χ0) is 22.3. The number of aryl methyl sites for hydroxylation is 2. The van der Waals surface area contributed by atoms with Gasteiger partial charge in [0.15, 0.2) is 0 Å². The lowest BCUT2D eigenvalue weighted by Gasteiger charge is -2.17. The van der Waals surface area contributed by atoms with Crippen LogP contribution >= 0.6 is 0 Å². The van der Waals surface area contributed by atoms with Gasteiger partial charge in [0.2, 0.25) is 10.0 Å². The quantitative estimate of drug-likeness (QED) is 0.661. The van der Waals surface area contributed by atoms with Crippen LogP contribution < -0.4 is 5.32 Å². The lowest BCUT2D eigenvalue weighted by atomic mass is 10.1. The van der Waals surface area contributed by atoms with Crippen molar-refractivity contribution in [1.29, 1.82) is 0 Å². The van der Waals surface area contributed by atoms with Crippen molar-refractivity contribution in [2.24, 2.45) is 0 Å². The van der Waals surface area contributed by atoms with Gasteiger partial charge in [0, 0.05) is 25.2 Å². The van der Waals surface area contributed by atoms with Crippen molar-refractivity contribution in [3.8, 4) is 5.69 Å². The van der Waals surface area contributed by atoms with Crippen LogP contribution in [0, 0.1) is 13.8 Å². The summed E-state index contributed by atoms with van der Waals surface area (Å²) in [5, 5.41) is 7.73. The van der Waals surface area contributed by atoms with Gasteiger partial charge >= 0.3 is 0 Å². The molecule has 0 saturated heterocycles. The molecule has 0 bridgehead atoms. The Bertz CT molecular complexity index is 1260. The lowest BCUT2D eigenvalue weighted by molar-refractivity contribution is 0.102. The minimum Gasteiger partial charge on any atom is -0.306 e. The summed E-state index contributed by atoms with van der Waals surface area (Å²) in [6.45, 7) is 3.57. The third-order valence-corrected chi connectivity index (χ3v) is 7.72. The number of hydrogen-bond acceptors (Lipinski definition) is 4. The van der Waals surface area contributed by atoms with E-state index in [9.17, 15) is 13.2 Å². The molecule has 1 aliphatic carbocycles. The van der Waals surface area contributed by atoms with E-state index in [0.717, 1.165) is 46.1 Å². The van der Waals surface area contributed by atoms with Gasteiger partial charge in [0.1, 0.15) is 5.82 Å². The number of fused-ring (bicyclic) bond motifs is 1. The highest BCUT2D eigenvalue weighted by Crippen LogP contribution is 2.32. The summed E-state index contributed by atoms with van der Waals surface area (Å²) in [6.07, 6.45) is 2.74. The molecule has 4 rings (SSSR count). The van der Waals surface area contributed by atoms with Gasteiger partial charge in [-0.25, -0.2) is 17.4 Å². The molecule has 0 fully saturated rings. The monoisotopic (exact) mass is 438 g/mol. The molecule has 1 heterocycles. The second-order valence-corrected chi connectivity index (χ2v) is 10.2. The third-order valence-electron chi connectivity index (χ3n) is 5.78. The number of aromatic nitrogens is 2. The third kappa shape index (κ3) is 3.77. The molecule has 7 nitrogen and oxygen atoms in total. The lowest BCUT2D eigenvalue weighted by Crippen LogP contribution is -2.24. The van der Waals surface area contributed by atoms with Crippen LogP contribution in [0.2, 0.25) is 0 Å². The van der Waals surface area contributed by atoms with E-state index in [1.807, 2.05) is 37.3 Å². The Hall–Kier alpha value is -2.97. The molecular formula is C23H26N4O3S. The SMILES string of the molecule is Cc1cc(C(=O)Nc2c3c(nn2-c2ccccc2)CCC3)cc(S(=O)(=O)N(C)C)c1C. The summed E-state index contributed by atoms with van der Waals surface area (Å²) >= 11 is 0. The number of para-hydroxylation sites is 1. The predicted octanol–water partition coefficient (Wildman–Crippen LogP) is 3.48. The average Bonchev–Trinajstić information content (AvgIpc) is 3.32. The second kappa shape index (κ2) is 7.94. The van der Waals surface area contributed by atoms with Gasteiger partial charge < -0.3 is 5.32 Å². The normalized spacial score (nSPS) is 13.5. The van der Waals surface area contributed by atoms with Crippen LogP contribution in [0.5, 0.6) is 0 Å². The van der Waals surface area contributed by atoms with E-state index >= 15 is 0 Å². The van der Waals surface area contributed by atoms with E-state index in [2.05, 4.69) is 5.32 Å². The zero-order valence-corrected chi connectivity index (χ0v) is 19.0. The number of anilines is 1. The van der Waals surface area contributed by atoms with Crippen molar-refractivity contribution in [2.45, 2.75) is 38.0 Å². The topological polar surface area (TPSA) is 84.3 Å². The van der Waals surface area contributed by atoms with Crippen LogP contribution in [0.3, 0.4) is 0 Å². The molecule has 1 aromatic heterocycles. The number of rotatable bonds is 5. The van der Waals surface area contributed by atoms with E-state index < -0.39 is 10.0 Å². The van der Waals surface area contributed by atoms with Crippen molar-refractivity contribution in [3.63, 3.8) is 0 Å². The first kappa shape index (κ1) is 21.3. The smallest absolute Gasteiger partial charge is 0.256 e. The molecule has 2 aromatic carbocycles. The second-order valence-electron chi connectivity index (χ2n) is 8.03. The van der Waals surface area contributed by atoms with Gasteiger partial charge in [-0.3, -0.25) is 4.79 Å². The zero-order valence-electron chi connectivity index (χ0n) is 18.1. The molecule has 0 saturated carbocycles. The molecule has 31 heavy (non-hydrogen) atoms. The fraction of sp³-hybridized carbons (Fsp3) is 0.304. The Labute approximate surface area is 182 Å². The van der Waals surface area contributed by atoms with Crippen LogP contribution in [-0.4, -0.2) is 42.5 Å². The van der Waals surface area contributed by atoms with Crippen molar-refractivity contribution >= 4 is 21.7 Å². The van der Waals surface area contributed by atoms with Gasteiger partial charge in [-0.15, -0.1) is 0 Å². The number of carbonyl (C=O) groups excluding carboxylic acids is 1. The van der Waals surface area contributed by atoms with Gasteiger partial charge in [-0.1, -0.05) is 18.2 Å². The Morgan fingerprint density at radius 1 is 1.10 bits per heavy atom. The average molecular weight is 439 g/mol. The molecule has 1 aliphatic rings. The molecule has 1 amide bonds. The molecule has 8 heteroatoms. The predicted molar refractivity (Wildman–Crippen MR) is 120 cm³/mol. The van der Waals surface area contributed by atoms with Crippen LogP contribution in [-0.2, 0) is 22.9 Å². The van der Waals surface area contributed by atoms with Gasteiger partial charge in [-0.2, -0.15) is 5.10 Å². The standard InChI is InChI=1S/C23H26N4O3S/c1-15-13-17(14-21(16(15)2)31(29,30)26(3)4)23(28)24-22-19-11-8-12-20(19)25-27(22)18-9-6-5-7-10-18/h5-7,9-10,13-14H,8,11-12H2,1-4H3,(H,24,28). The molecule has 0 atom stereocenters. The summed E-state index contributed by atoms with van der Waals surface area (Å²) in [6, 6.07) is 12.8. The molecule has 162 valence electrons. The van der Waals surface area contributed by atoms with Crippen molar-refractivity contribution in [1.82, 2.24) is 14.1 Å². The fourth-order valence-corrected chi connectivity index (χ4v) is 5.10. The Balaban J connectivity index is 1.76. The largest absolute Gasteiger partial charge is 0.306 e. The van der Waals surface area contributed by atoms with Crippen LogP contribution in [0.15, 0.2) is 47.4 Å². The molecule has 3 aromatic rings. The Kier molecular flexibility index (Phi) is 5.45. The first-order valence-corrected chi connectivity index (χ1v) is 11.7. The van der Waals surface area contributed by atoms with Gasteiger partial charge in [0.25, 0.3) is 5.91 Å². The highest BCUT2D eigenvalue weighted by Gasteiger charge is 2.26. The molecule has 0 radical (unpaired) electrons. The highest BCUT2D eigenvalue weighted by atomic mass is 32.2. The number of nitrogens with one attached hydrogen (secondary N) is 1. The number of hydrogen-bond donors (Lipinski definition) is 1. The van der Waals surface area contributed by atoms with E-state index in [1.54, 1.807) is 17.7 Å². The minimum atomic E-state index is -3.67. The van der Waals surface area contributed by atoms with Crippen molar-refractivity contribution < 1.29 is 13.2 Å². The first-order chi connectivity index (χ1) is 14.7. The maximum absolute atomic E-state index is 13.2. The van der Waals surface area contributed by atoms with E-state index in [1.165, 1.54) is 20.2 Å². The van der Waals surface area contributed by atoms with Crippen LogP contribution in [0.4, 0.5) is 5.82 Å². The number of carbonyl (C=O) groups is 1. The van der Waals surface area contributed by atoms with Crippen molar-refractivity contribution in [2.75, 3.05) is 19.4 Å². The molecular weight excluding hydrogens is 412 g/mol. The van der Waals surface area contributed by atoms with Crippen LogP contribution in [0.1, 0.15) is 39.2 Å². The number of nitrogens with zero attached hydrogens (tertiary/aromatic N) is 3. The van der Waals surface area contributed by atoms with E-state index in [4.69, 9.17) is 5.10 Å². The summed E-state index contributed by atoms with van der Waals surface area (Å²) in [7, 11) is -0.704. The maximum Gasteiger partial charge on any atom is 0.256 e. The van der Waals surface area contributed by atoms with Gasteiger partial charge in [-0.05, 0) is 68.5 Å². The van der Waals surface area contributed by atoms with E-state index in [-0.39, 0.29) is 10.8 Å². The number of benzene rings is 2. The fourth-order valence-electron chi connectivity index (χ4n) is 3.88.